The summed E-state index contributed by atoms with van der Waals surface area (Å²) in [4.78, 5) is 0. The zero-order chi connectivity index (χ0) is 10.3. The van der Waals surface area contributed by atoms with E-state index in [9.17, 15) is 8.78 Å². The Kier molecular flexibility index (Phi) is 1.77. The number of nitrogens with two attached hydrogens (primary N) is 2. The minimum absolute atomic E-state index is 0.0463. The van der Waals surface area contributed by atoms with Crippen molar-refractivity contribution in [2.45, 2.75) is 0 Å². The molecule has 0 atom stereocenters. The largest absolute Gasteiger partial charge is 0.398 e. The van der Waals surface area contributed by atoms with Gasteiger partial charge in [-0.15, -0.1) is 0 Å². The maximum atomic E-state index is 13.3. The van der Waals surface area contributed by atoms with Crippen LogP contribution in [0.3, 0.4) is 0 Å². The van der Waals surface area contributed by atoms with Gasteiger partial charge in [-0.2, -0.15) is 0 Å². The third kappa shape index (κ3) is 1.08. The predicted octanol–water partition coefficient (Wildman–Crippen LogP) is 2.28. The number of halogens is 2. The second-order valence-corrected chi connectivity index (χ2v) is 3.03. The van der Waals surface area contributed by atoms with Gasteiger partial charge in [0.25, 0.3) is 0 Å². The lowest BCUT2D eigenvalue weighted by molar-refractivity contribution is 0.517. The van der Waals surface area contributed by atoms with Crippen molar-refractivity contribution >= 4 is 22.1 Å². The molecule has 0 saturated carbocycles. The van der Waals surface area contributed by atoms with Gasteiger partial charge in [0.15, 0.2) is 11.6 Å². The number of fused-ring (bicyclic) bond motifs is 1. The van der Waals surface area contributed by atoms with E-state index in [1.54, 1.807) is 12.1 Å². The average molecular weight is 194 g/mol. The van der Waals surface area contributed by atoms with Crippen LogP contribution in [-0.2, 0) is 0 Å². The number of anilines is 2. The van der Waals surface area contributed by atoms with E-state index in [4.69, 9.17) is 11.5 Å². The van der Waals surface area contributed by atoms with Crippen LogP contribution < -0.4 is 11.5 Å². The highest BCUT2D eigenvalue weighted by Crippen LogP contribution is 2.30. The molecule has 0 fully saturated rings. The van der Waals surface area contributed by atoms with Crippen molar-refractivity contribution in [2.75, 3.05) is 11.5 Å². The molecule has 0 aliphatic rings. The van der Waals surface area contributed by atoms with E-state index in [0.717, 1.165) is 6.07 Å². The summed E-state index contributed by atoms with van der Waals surface area (Å²) in [5, 5.41) is 0.480. The molecule has 0 unspecified atom stereocenters. The fourth-order valence-corrected chi connectivity index (χ4v) is 1.45. The van der Waals surface area contributed by atoms with E-state index in [1.165, 1.54) is 6.07 Å². The highest BCUT2D eigenvalue weighted by molar-refractivity contribution is 6.00. The third-order valence-electron chi connectivity index (χ3n) is 2.12. The summed E-state index contributed by atoms with van der Waals surface area (Å²) in [6, 6.07) is 5.70. The van der Waals surface area contributed by atoms with Crippen molar-refractivity contribution in [3.63, 3.8) is 0 Å². The summed E-state index contributed by atoms with van der Waals surface area (Å²) in [6.45, 7) is 0. The van der Waals surface area contributed by atoms with E-state index >= 15 is 0 Å². The molecule has 0 amide bonds. The molecular weight excluding hydrogens is 186 g/mol. The van der Waals surface area contributed by atoms with Crippen molar-refractivity contribution in [1.82, 2.24) is 0 Å². The fraction of sp³-hybridized carbons (Fsp3) is 0. The van der Waals surface area contributed by atoms with Crippen molar-refractivity contribution < 1.29 is 8.78 Å². The summed E-state index contributed by atoms with van der Waals surface area (Å²) in [7, 11) is 0. The molecule has 0 radical (unpaired) electrons. The van der Waals surface area contributed by atoms with E-state index in [-0.39, 0.29) is 16.8 Å². The number of hydrogen-bond donors (Lipinski definition) is 2. The summed E-state index contributed by atoms with van der Waals surface area (Å²) in [5.74, 6) is -1.93. The molecule has 0 aliphatic heterocycles. The lowest BCUT2D eigenvalue weighted by Gasteiger charge is -2.06. The van der Waals surface area contributed by atoms with Gasteiger partial charge in [-0.05, 0) is 6.07 Å². The first kappa shape index (κ1) is 8.74. The summed E-state index contributed by atoms with van der Waals surface area (Å²) in [6.07, 6.45) is 0. The zero-order valence-corrected chi connectivity index (χ0v) is 7.22. The van der Waals surface area contributed by atoms with Crippen LogP contribution in [0.15, 0.2) is 24.3 Å². The SMILES string of the molecule is Nc1cc(F)c(F)c2c(N)cccc12. The maximum Gasteiger partial charge on any atom is 0.168 e. The monoisotopic (exact) mass is 194 g/mol. The Hall–Kier alpha value is -1.84. The van der Waals surface area contributed by atoms with Gasteiger partial charge >= 0.3 is 0 Å². The average Bonchev–Trinajstić information content (AvgIpc) is 2.14. The van der Waals surface area contributed by atoms with Crippen LogP contribution in [0, 0.1) is 11.6 Å². The van der Waals surface area contributed by atoms with Crippen molar-refractivity contribution in [2.24, 2.45) is 0 Å². The Balaban J connectivity index is 3.03. The Bertz CT molecular complexity index is 509. The second-order valence-electron chi connectivity index (χ2n) is 3.03. The minimum Gasteiger partial charge on any atom is -0.398 e. The minimum atomic E-state index is -0.979. The quantitative estimate of drug-likeness (QED) is 0.632. The number of benzene rings is 2. The van der Waals surface area contributed by atoms with E-state index in [1.807, 2.05) is 0 Å². The van der Waals surface area contributed by atoms with E-state index in [0.29, 0.717) is 5.39 Å². The third-order valence-corrected chi connectivity index (χ3v) is 2.12. The van der Waals surface area contributed by atoms with Gasteiger partial charge in [0.2, 0.25) is 0 Å². The Morgan fingerprint density at radius 2 is 1.71 bits per heavy atom. The molecule has 14 heavy (non-hydrogen) atoms. The molecule has 2 nitrogen and oxygen atoms in total. The Morgan fingerprint density at radius 1 is 1.00 bits per heavy atom. The van der Waals surface area contributed by atoms with Crippen LogP contribution in [0.5, 0.6) is 0 Å². The molecule has 2 aromatic rings. The topological polar surface area (TPSA) is 52.0 Å². The van der Waals surface area contributed by atoms with Gasteiger partial charge < -0.3 is 11.5 Å². The maximum absolute atomic E-state index is 13.3. The van der Waals surface area contributed by atoms with Crippen LogP contribution in [0.1, 0.15) is 0 Å². The van der Waals surface area contributed by atoms with Gasteiger partial charge in [-0.3, -0.25) is 0 Å². The fourth-order valence-electron chi connectivity index (χ4n) is 1.45. The van der Waals surface area contributed by atoms with Crippen molar-refractivity contribution in [3.8, 4) is 0 Å². The molecule has 4 N–H and O–H groups in total. The van der Waals surface area contributed by atoms with Crippen molar-refractivity contribution in [1.29, 1.82) is 0 Å². The van der Waals surface area contributed by atoms with E-state index in [2.05, 4.69) is 0 Å². The van der Waals surface area contributed by atoms with Crippen LogP contribution in [-0.4, -0.2) is 0 Å². The molecule has 72 valence electrons. The summed E-state index contributed by atoms with van der Waals surface area (Å²) < 4.78 is 26.3. The smallest absolute Gasteiger partial charge is 0.168 e. The Morgan fingerprint density at radius 3 is 2.43 bits per heavy atom. The lowest BCUT2D eigenvalue weighted by Crippen LogP contribution is -1.97. The molecule has 0 heterocycles. The standard InChI is InChI=1S/C10H8F2N2/c11-6-4-8(14)5-2-1-3-7(13)9(5)10(6)12/h1-4H,13-14H2. The molecule has 0 aromatic heterocycles. The highest BCUT2D eigenvalue weighted by atomic mass is 19.2. The first-order valence-electron chi connectivity index (χ1n) is 4.03. The molecule has 0 aliphatic carbocycles. The van der Waals surface area contributed by atoms with Crippen molar-refractivity contribution in [3.05, 3.63) is 35.9 Å². The number of rotatable bonds is 0. The predicted molar refractivity (Wildman–Crippen MR) is 52.7 cm³/mol. The first-order valence-corrected chi connectivity index (χ1v) is 4.03. The summed E-state index contributed by atoms with van der Waals surface area (Å²) in [5.41, 5.74) is 11.4. The first-order chi connectivity index (χ1) is 6.61. The lowest BCUT2D eigenvalue weighted by atomic mass is 10.1. The van der Waals surface area contributed by atoms with Crippen LogP contribution in [0.4, 0.5) is 20.2 Å². The van der Waals surface area contributed by atoms with Crippen LogP contribution in [0.2, 0.25) is 0 Å². The molecular formula is C10H8F2N2. The van der Waals surface area contributed by atoms with Crippen LogP contribution >= 0.6 is 0 Å². The second kappa shape index (κ2) is 2.83. The van der Waals surface area contributed by atoms with Gasteiger partial charge in [0.05, 0.1) is 0 Å². The molecule has 2 rings (SSSR count). The van der Waals surface area contributed by atoms with Gasteiger partial charge in [-0.1, -0.05) is 12.1 Å². The molecule has 0 saturated heterocycles. The molecule has 0 bridgehead atoms. The molecule has 4 heteroatoms. The normalized spacial score (nSPS) is 10.7. The number of hydrogen-bond acceptors (Lipinski definition) is 2. The molecule has 2 aromatic carbocycles. The summed E-state index contributed by atoms with van der Waals surface area (Å²) >= 11 is 0. The van der Waals surface area contributed by atoms with Gasteiger partial charge in [-0.25, -0.2) is 8.78 Å². The van der Waals surface area contributed by atoms with Crippen LogP contribution in [0.25, 0.3) is 10.8 Å². The van der Waals surface area contributed by atoms with E-state index < -0.39 is 11.6 Å². The van der Waals surface area contributed by atoms with Gasteiger partial charge in [0, 0.05) is 28.2 Å². The Labute approximate surface area is 79.1 Å². The number of nitrogen functional groups attached to an aromatic ring is 2. The zero-order valence-electron chi connectivity index (χ0n) is 7.22. The highest BCUT2D eigenvalue weighted by Gasteiger charge is 2.12. The van der Waals surface area contributed by atoms with Gasteiger partial charge in [0.1, 0.15) is 0 Å². The molecule has 0 spiro atoms.